The van der Waals surface area contributed by atoms with E-state index in [-0.39, 0.29) is 5.82 Å². The summed E-state index contributed by atoms with van der Waals surface area (Å²) in [5, 5.41) is 3.26. The second-order valence-corrected chi connectivity index (χ2v) is 6.04. The Balaban J connectivity index is 2.13. The fourth-order valence-corrected chi connectivity index (χ4v) is 2.93. The summed E-state index contributed by atoms with van der Waals surface area (Å²) >= 11 is 0. The average molecular weight is 294 g/mol. The Morgan fingerprint density at radius 1 is 1.48 bits per heavy atom. The molecule has 1 saturated heterocycles. The fourth-order valence-electron chi connectivity index (χ4n) is 2.93. The molecule has 0 radical (unpaired) electrons. The van der Waals surface area contributed by atoms with E-state index in [9.17, 15) is 4.39 Å². The normalized spacial score (nSPS) is 18.7. The van der Waals surface area contributed by atoms with Crippen LogP contribution in [0.15, 0.2) is 12.3 Å². The number of anilines is 1. The van der Waals surface area contributed by atoms with Crippen molar-refractivity contribution in [2.24, 2.45) is 0 Å². The molecule has 2 rings (SSSR count). The zero-order valence-electron chi connectivity index (χ0n) is 13.4. The maximum Gasteiger partial charge on any atom is 0.170 e. The van der Waals surface area contributed by atoms with Crippen LogP contribution in [0.4, 0.5) is 10.2 Å². The molecule has 0 spiro atoms. The van der Waals surface area contributed by atoms with Crippen molar-refractivity contribution in [3.8, 4) is 0 Å². The molecule has 4 nitrogen and oxygen atoms in total. The van der Waals surface area contributed by atoms with Crippen LogP contribution in [0.2, 0.25) is 0 Å². The fraction of sp³-hybridized carbons (Fsp3) is 0.688. The van der Waals surface area contributed by atoms with Crippen LogP contribution in [0.1, 0.15) is 31.7 Å². The minimum atomic E-state index is -0.160. The third-order valence-corrected chi connectivity index (χ3v) is 3.92. The van der Waals surface area contributed by atoms with Gasteiger partial charge in [-0.05, 0) is 46.0 Å². The number of nitrogens with zero attached hydrogens (tertiary/aromatic N) is 3. The highest BCUT2D eigenvalue weighted by atomic mass is 19.1. The van der Waals surface area contributed by atoms with Crippen LogP contribution >= 0.6 is 0 Å². The third kappa shape index (κ3) is 4.14. The lowest BCUT2D eigenvalue weighted by Gasteiger charge is -2.28. The SMILES string of the molecule is CCCNCc1ccnc(N2CCCC2CN(C)C)c1F. The molecule has 1 atom stereocenters. The van der Waals surface area contributed by atoms with Crippen molar-refractivity contribution in [1.82, 2.24) is 15.2 Å². The zero-order chi connectivity index (χ0) is 15.2. The van der Waals surface area contributed by atoms with Crippen molar-refractivity contribution >= 4 is 5.82 Å². The monoisotopic (exact) mass is 294 g/mol. The average Bonchev–Trinajstić information content (AvgIpc) is 2.88. The molecule has 0 saturated carbocycles. The van der Waals surface area contributed by atoms with E-state index in [1.165, 1.54) is 0 Å². The Kier molecular flexibility index (Phi) is 5.94. The molecule has 1 aliphatic heterocycles. The van der Waals surface area contributed by atoms with E-state index in [0.29, 0.717) is 24.0 Å². The van der Waals surface area contributed by atoms with Gasteiger partial charge in [0.25, 0.3) is 0 Å². The molecule has 0 aromatic carbocycles. The van der Waals surface area contributed by atoms with Crippen LogP contribution in [0.25, 0.3) is 0 Å². The molecule has 1 aliphatic rings. The predicted molar refractivity (Wildman–Crippen MR) is 85.1 cm³/mol. The first kappa shape index (κ1) is 16.2. The summed E-state index contributed by atoms with van der Waals surface area (Å²) in [6, 6.07) is 2.14. The topological polar surface area (TPSA) is 31.4 Å². The number of likely N-dealkylation sites (N-methyl/N-ethyl adjacent to an activating group) is 1. The van der Waals surface area contributed by atoms with Crippen molar-refractivity contribution in [1.29, 1.82) is 0 Å². The number of halogens is 1. The van der Waals surface area contributed by atoms with Gasteiger partial charge in [0.1, 0.15) is 0 Å². The summed E-state index contributed by atoms with van der Waals surface area (Å²) in [5.41, 5.74) is 0.712. The van der Waals surface area contributed by atoms with Gasteiger partial charge < -0.3 is 15.1 Å². The van der Waals surface area contributed by atoms with Gasteiger partial charge in [-0.1, -0.05) is 6.92 Å². The molecule has 1 unspecified atom stereocenters. The van der Waals surface area contributed by atoms with Crippen molar-refractivity contribution in [3.63, 3.8) is 0 Å². The number of aromatic nitrogens is 1. The molecule has 21 heavy (non-hydrogen) atoms. The zero-order valence-corrected chi connectivity index (χ0v) is 13.4. The first-order chi connectivity index (χ1) is 10.1. The highest BCUT2D eigenvalue weighted by Crippen LogP contribution is 2.27. The maximum absolute atomic E-state index is 14.7. The summed E-state index contributed by atoms with van der Waals surface area (Å²) in [7, 11) is 4.12. The van der Waals surface area contributed by atoms with Crippen LogP contribution in [0.3, 0.4) is 0 Å². The largest absolute Gasteiger partial charge is 0.350 e. The highest BCUT2D eigenvalue weighted by molar-refractivity contribution is 5.45. The standard InChI is InChI=1S/C16H27FN4/c1-4-8-18-11-13-7-9-19-16(15(13)17)21-10-5-6-14(21)12-20(2)3/h7,9,14,18H,4-6,8,10-12H2,1-3H3. The van der Waals surface area contributed by atoms with Crippen LogP contribution in [0.5, 0.6) is 0 Å². The minimum Gasteiger partial charge on any atom is -0.350 e. The molecule has 0 aliphatic carbocycles. The van der Waals surface area contributed by atoms with Crippen molar-refractivity contribution in [3.05, 3.63) is 23.6 Å². The number of pyridine rings is 1. The Hall–Kier alpha value is -1.20. The lowest BCUT2D eigenvalue weighted by molar-refractivity contribution is 0.370. The van der Waals surface area contributed by atoms with Gasteiger partial charge in [0.15, 0.2) is 11.6 Å². The molecular weight excluding hydrogens is 267 g/mol. The summed E-state index contributed by atoms with van der Waals surface area (Å²) in [6.07, 6.45) is 5.00. The number of hydrogen-bond donors (Lipinski definition) is 1. The minimum absolute atomic E-state index is 0.160. The molecule has 1 aromatic rings. The molecule has 5 heteroatoms. The van der Waals surface area contributed by atoms with E-state index in [4.69, 9.17) is 0 Å². The molecule has 1 aromatic heterocycles. The first-order valence-electron chi connectivity index (χ1n) is 7.89. The van der Waals surface area contributed by atoms with Crippen LogP contribution in [-0.4, -0.2) is 49.7 Å². The van der Waals surface area contributed by atoms with Gasteiger partial charge >= 0.3 is 0 Å². The number of rotatable bonds is 7. The van der Waals surface area contributed by atoms with Gasteiger partial charge in [-0.25, -0.2) is 9.37 Å². The highest BCUT2D eigenvalue weighted by Gasteiger charge is 2.28. The lowest BCUT2D eigenvalue weighted by Crippen LogP contribution is -2.38. The second kappa shape index (κ2) is 7.71. The summed E-state index contributed by atoms with van der Waals surface area (Å²) in [6.45, 7) is 5.43. The lowest BCUT2D eigenvalue weighted by atomic mass is 10.2. The van der Waals surface area contributed by atoms with Gasteiger partial charge in [-0.2, -0.15) is 0 Å². The first-order valence-corrected chi connectivity index (χ1v) is 7.89. The second-order valence-electron chi connectivity index (χ2n) is 6.04. The maximum atomic E-state index is 14.7. The van der Waals surface area contributed by atoms with E-state index in [1.807, 2.05) is 0 Å². The third-order valence-electron chi connectivity index (χ3n) is 3.92. The summed E-state index contributed by atoms with van der Waals surface area (Å²) < 4.78 is 14.7. The van der Waals surface area contributed by atoms with Gasteiger partial charge in [-0.3, -0.25) is 0 Å². The molecule has 118 valence electrons. The number of hydrogen-bond acceptors (Lipinski definition) is 4. The summed E-state index contributed by atoms with van der Waals surface area (Å²) in [5.74, 6) is 0.363. The van der Waals surface area contributed by atoms with Gasteiger partial charge in [0, 0.05) is 37.4 Å². The Morgan fingerprint density at radius 3 is 3.00 bits per heavy atom. The molecule has 1 fully saturated rings. The molecule has 2 heterocycles. The van der Waals surface area contributed by atoms with Crippen molar-refractivity contribution in [2.45, 2.75) is 38.8 Å². The molecule has 0 bridgehead atoms. The number of nitrogens with one attached hydrogen (secondary N) is 1. The van der Waals surface area contributed by atoms with Gasteiger partial charge in [0.05, 0.1) is 0 Å². The smallest absolute Gasteiger partial charge is 0.170 e. The van der Waals surface area contributed by atoms with Crippen LogP contribution in [-0.2, 0) is 6.54 Å². The molecular formula is C16H27FN4. The predicted octanol–water partition coefficient (Wildman–Crippen LogP) is 2.25. The van der Waals surface area contributed by atoms with Crippen LogP contribution < -0.4 is 10.2 Å². The molecule has 0 amide bonds. The Morgan fingerprint density at radius 2 is 2.29 bits per heavy atom. The summed E-state index contributed by atoms with van der Waals surface area (Å²) in [4.78, 5) is 8.61. The van der Waals surface area contributed by atoms with Gasteiger partial charge in [0.2, 0.25) is 0 Å². The van der Waals surface area contributed by atoms with E-state index in [2.05, 4.69) is 41.1 Å². The molecule has 1 N–H and O–H groups in total. The van der Waals surface area contributed by atoms with Gasteiger partial charge in [-0.15, -0.1) is 0 Å². The Bertz CT molecular complexity index is 450. The van der Waals surface area contributed by atoms with E-state index >= 15 is 0 Å². The Labute approximate surface area is 127 Å². The van der Waals surface area contributed by atoms with Crippen molar-refractivity contribution < 1.29 is 4.39 Å². The van der Waals surface area contributed by atoms with E-state index in [1.54, 1.807) is 12.3 Å². The quantitative estimate of drug-likeness (QED) is 0.782. The van der Waals surface area contributed by atoms with E-state index < -0.39 is 0 Å². The van der Waals surface area contributed by atoms with E-state index in [0.717, 1.165) is 38.9 Å². The van der Waals surface area contributed by atoms with Crippen molar-refractivity contribution in [2.75, 3.05) is 38.6 Å². The van der Waals surface area contributed by atoms with Crippen LogP contribution in [0, 0.1) is 5.82 Å².